The Hall–Kier alpha value is -2.82. The first-order valence-corrected chi connectivity index (χ1v) is 11.0. The van der Waals surface area contributed by atoms with Crippen LogP contribution in [0.3, 0.4) is 0 Å². The first-order valence-electron chi connectivity index (χ1n) is 10.0. The fraction of sp³-hybridized carbons (Fsp3) is 0.192. The second-order valence-electron chi connectivity index (χ2n) is 6.98. The Morgan fingerprint density at radius 1 is 0.800 bits per heavy atom. The topological polar surface area (TPSA) is 57.5 Å². The van der Waals surface area contributed by atoms with E-state index in [1.807, 2.05) is 36.0 Å². The Kier molecular flexibility index (Phi) is 7.89. The summed E-state index contributed by atoms with van der Waals surface area (Å²) in [7, 11) is 0. The van der Waals surface area contributed by atoms with Gasteiger partial charge >= 0.3 is 5.97 Å². The highest BCUT2D eigenvalue weighted by Crippen LogP contribution is 2.48. The van der Waals surface area contributed by atoms with Gasteiger partial charge in [-0.3, -0.25) is 0 Å². The number of hydrogen-bond acceptors (Lipinski definition) is 3. The van der Waals surface area contributed by atoms with Gasteiger partial charge in [0.05, 0.1) is 4.75 Å². The summed E-state index contributed by atoms with van der Waals surface area (Å²) in [4.78, 5) is 10.7. The first-order chi connectivity index (χ1) is 14.6. The maximum atomic E-state index is 10.7. The Balaban J connectivity index is 1.90. The molecule has 0 saturated carbocycles. The number of rotatable bonds is 10. The van der Waals surface area contributed by atoms with Gasteiger partial charge in [0.2, 0.25) is 0 Å². The standard InChI is InChI=1S/C26H26O3S/c27-24(25(28)29)19-11-4-12-20-30-26(21-13-5-1-6-14-21,22-15-7-2-8-16-22)23-17-9-3-10-18-23/h1-11,13-18,24,27H,12,19-20H2,(H,28,29). The molecular weight excluding hydrogens is 392 g/mol. The normalized spacial score (nSPS) is 12.7. The van der Waals surface area contributed by atoms with Gasteiger partial charge < -0.3 is 10.2 Å². The van der Waals surface area contributed by atoms with Crippen molar-refractivity contribution >= 4 is 17.7 Å². The van der Waals surface area contributed by atoms with Crippen LogP contribution >= 0.6 is 11.8 Å². The monoisotopic (exact) mass is 418 g/mol. The van der Waals surface area contributed by atoms with Crippen LogP contribution in [0.1, 0.15) is 29.5 Å². The molecule has 3 aromatic rings. The molecule has 0 aromatic heterocycles. The Bertz CT molecular complexity index is 843. The molecule has 0 saturated heterocycles. The van der Waals surface area contributed by atoms with Gasteiger partial charge in [-0.1, -0.05) is 103 Å². The lowest BCUT2D eigenvalue weighted by atomic mass is 9.84. The zero-order valence-electron chi connectivity index (χ0n) is 16.7. The summed E-state index contributed by atoms with van der Waals surface area (Å²) in [5, 5.41) is 18.2. The number of aliphatic hydroxyl groups excluding tert-OH is 1. The van der Waals surface area contributed by atoms with Gasteiger partial charge in [0.1, 0.15) is 0 Å². The highest BCUT2D eigenvalue weighted by atomic mass is 32.2. The van der Waals surface area contributed by atoms with Crippen molar-refractivity contribution in [2.24, 2.45) is 0 Å². The van der Waals surface area contributed by atoms with E-state index >= 15 is 0 Å². The summed E-state index contributed by atoms with van der Waals surface area (Å²) >= 11 is 1.86. The maximum Gasteiger partial charge on any atom is 0.332 e. The molecule has 4 heteroatoms. The molecule has 0 aliphatic heterocycles. The smallest absolute Gasteiger partial charge is 0.332 e. The van der Waals surface area contributed by atoms with Crippen molar-refractivity contribution in [2.45, 2.75) is 23.7 Å². The third-order valence-electron chi connectivity index (χ3n) is 4.96. The molecule has 30 heavy (non-hydrogen) atoms. The number of allylic oxidation sites excluding steroid dienone is 1. The Morgan fingerprint density at radius 3 is 1.63 bits per heavy atom. The predicted molar refractivity (Wildman–Crippen MR) is 124 cm³/mol. The van der Waals surface area contributed by atoms with E-state index in [4.69, 9.17) is 5.11 Å². The van der Waals surface area contributed by atoms with Crippen molar-refractivity contribution in [3.05, 3.63) is 120 Å². The van der Waals surface area contributed by atoms with Crippen LogP contribution in [-0.4, -0.2) is 28.0 Å². The molecule has 0 aliphatic rings. The molecule has 0 bridgehead atoms. The number of aliphatic hydroxyl groups is 1. The van der Waals surface area contributed by atoms with Crippen molar-refractivity contribution in [2.75, 3.05) is 5.75 Å². The van der Waals surface area contributed by atoms with E-state index in [9.17, 15) is 9.90 Å². The SMILES string of the molecule is O=C(O)C(O)CC=CCCSC(c1ccccc1)(c1ccccc1)c1ccccc1. The highest BCUT2D eigenvalue weighted by Gasteiger charge is 2.36. The van der Waals surface area contributed by atoms with Crippen molar-refractivity contribution in [1.29, 1.82) is 0 Å². The molecule has 0 spiro atoms. The molecule has 0 fully saturated rings. The highest BCUT2D eigenvalue weighted by molar-refractivity contribution is 8.00. The number of carboxylic acids is 1. The van der Waals surface area contributed by atoms with E-state index in [1.54, 1.807) is 6.08 Å². The molecule has 2 N–H and O–H groups in total. The van der Waals surface area contributed by atoms with E-state index in [1.165, 1.54) is 16.7 Å². The third kappa shape index (κ3) is 5.21. The van der Waals surface area contributed by atoms with Crippen LogP contribution in [0.5, 0.6) is 0 Å². The number of carboxylic acid groups (broad SMARTS) is 1. The van der Waals surface area contributed by atoms with Gasteiger partial charge in [-0.15, -0.1) is 11.8 Å². The summed E-state index contributed by atoms with van der Waals surface area (Å²) in [5.74, 6) is -0.344. The number of aliphatic carboxylic acids is 1. The second kappa shape index (κ2) is 10.8. The maximum absolute atomic E-state index is 10.7. The molecular formula is C26H26O3S. The van der Waals surface area contributed by atoms with Gasteiger partial charge in [0.25, 0.3) is 0 Å². The minimum Gasteiger partial charge on any atom is -0.479 e. The molecule has 0 amide bonds. The summed E-state index contributed by atoms with van der Waals surface area (Å²) in [6, 6.07) is 31.6. The van der Waals surface area contributed by atoms with Crippen LogP contribution in [-0.2, 0) is 9.54 Å². The third-order valence-corrected chi connectivity index (χ3v) is 6.54. The van der Waals surface area contributed by atoms with Crippen LogP contribution in [0.25, 0.3) is 0 Å². The van der Waals surface area contributed by atoms with Crippen LogP contribution in [0.2, 0.25) is 0 Å². The van der Waals surface area contributed by atoms with Crippen molar-refractivity contribution in [1.82, 2.24) is 0 Å². The molecule has 3 nitrogen and oxygen atoms in total. The fourth-order valence-electron chi connectivity index (χ4n) is 3.49. The quantitative estimate of drug-likeness (QED) is 0.260. The Labute approximate surface area is 182 Å². The molecule has 3 rings (SSSR count). The van der Waals surface area contributed by atoms with Crippen LogP contribution < -0.4 is 0 Å². The van der Waals surface area contributed by atoms with Crippen molar-refractivity contribution in [3.8, 4) is 0 Å². The number of hydrogen-bond donors (Lipinski definition) is 2. The van der Waals surface area contributed by atoms with Gasteiger partial charge in [-0.2, -0.15) is 0 Å². The van der Waals surface area contributed by atoms with E-state index in [2.05, 4.69) is 72.8 Å². The van der Waals surface area contributed by atoms with Gasteiger partial charge in [-0.05, 0) is 28.9 Å². The lowest BCUT2D eigenvalue weighted by Gasteiger charge is -2.35. The average molecular weight is 419 g/mol. The minimum atomic E-state index is -1.34. The fourth-order valence-corrected chi connectivity index (χ4v) is 4.96. The van der Waals surface area contributed by atoms with Crippen molar-refractivity contribution < 1.29 is 15.0 Å². The average Bonchev–Trinajstić information content (AvgIpc) is 2.80. The van der Waals surface area contributed by atoms with E-state index in [-0.39, 0.29) is 11.2 Å². The lowest BCUT2D eigenvalue weighted by molar-refractivity contribution is -0.146. The summed E-state index contributed by atoms with van der Waals surface area (Å²) in [5.41, 5.74) is 3.66. The second-order valence-corrected chi connectivity index (χ2v) is 8.29. The lowest BCUT2D eigenvalue weighted by Crippen LogP contribution is -2.26. The summed E-state index contributed by atoms with van der Waals surface area (Å²) in [6.07, 6.45) is 3.26. The number of carbonyl (C=O) groups is 1. The first kappa shape index (κ1) is 21.9. The van der Waals surface area contributed by atoms with E-state index in [0.717, 1.165) is 12.2 Å². The van der Waals surface area contributed by atoms with E-state index in [0.29, 0.717) is 0 Å². The van der Waals surface area contributed by atoms with Gasteiger partial charge in [-0.25, -0.2) is 4.79 Å². The zero-order valence-corrected chi connectivity index (χ0v) is 17.5. The number of benzene rings is 3. The molecule has 0 aliphatic carbocycles. The molecule has 1 atom stereocenters. The Morgan fingerprint density at radius 2 is 1.23 bits per heavy atom. The van der Waals surface area contributed by atoms with Gasteiger partial charge in [0.15, 0.2) is 6.10 Å². The molecule has 3 aromatic carbocycles. The summed E-state index contributed by atoms with van der Waals surface area (Å²) in [6.45, 7) is 0. The van der Waals surface area contributed by atoms with E-state index < -0.39 is 12.1 Å². The van der Waals surface area contributed by atoms with Crippen molar-refractivity contribution in [3.63, 3.8) is 0 Å². The molecule has 1 unspecified atom stereocenters. The molecule has 0 heterocycles. The van der Waals surface area contributed by atoms with Crippen LogP contribution in [0.15, 0.2) is 103 Å². The number of thioether (sulfide) groups is 1. The summed E-state index contributed by atoms with van der Waals surface area (Å²) < 4.78 is -0.349. The van der Waals surface area contributed by atoms with Gasteiger partial charge in [0, 0.05) is 6.42 Å². The van der Waals surface area contributed by atoms with Crippen LogP contribution in [0.4, 0.5) is 0 Å². The predicted octanol–water partition coefficient (Wildman–Crippen LogP) is 5.49. The van der Waals surface area contributed by atoms with Crippen LogP contribution in [0, 0.1) is 0 Å². The molecule has 154 valence electrons. The zero-order chi connectivity index (χ0) is 21.2. The minimum absolute atomic E-state index is 0.126. The largest absolute Gasteiger partial charge is 0.479 e. The molecule has 0 radical (unpaired) electrons.